The van der Waals surface area contributed by atoms with Gasteiger partial charge in [0.1, 0.15) is 5.75 Å². The lowest BCUT2D eigenvalue weighted by molar-refractivity contribution is -0.136. The average Bonchev–Trinajstić information content (AvgIpc) is 3.39. The van der Waals surface area contributed by atoms with Crippen LogP contribution in [0.4, 0.5) is 0 Å². The van der Waals surface area contributed by atoms with Crippen LogP contribution in [-0.4, -0.2) is 79.9 Å². The highest BCUT2D eigenvalue weighted by atomic mass is 16.5. The molecule has 0 saturated heterocycles. The highest BCUT2D eigenvalue weighted by molar-refractivity contribution is 6.12. The van der Waals surface area contributed by atoms with Gasteiger partial charge in [0.05, 0.1) is 6.61 Å². The summed E-state index contributed by atoms with van der Waals surface area (Å²) in [6.45, 7) is 5.89. The van der Waals surface area contributed by atoms with Crippen molar-refractivity contribution in [1.29, 1.82) is 0 Å². The number of carbonyl (C=O) groups is 2. The molecular weight excluding hydrogens is 462 g/mol. The first kappa shape index (κ1) is 26.4. The van der Waals surface area contributed by atoms with Gasteiger partial charge in [0.15, 0.2) is 0 Å². The van der Waals surface area contributed by atoms with E-state index in [-0.39, 0.29) is 11.8 Å². The Morgan fingerprint density at radius 3 is 2.54 bits per heavy atom. The molecule has 2 saturated carbocycles. The highest BCUT2D eigenvalue weighted by Crippen LogP contribution is 2.61. The van der Waals surface area contributed by atoms with Crippen LogP contribution in [-0.2, 0) is 16.0 Å². The summed E-state index contributed by atoms with van der Waals surface area (Å²) in [4.78, 5) is 29.7. The van der Waals surface area contributed by atoms with E-state index in [1.807, 2.05) is 0 Å². The number of carbonyl (C=O) groups excluding carboxylic acids is 2. The average molecular weight is 508 g/mol. The van der Waals surface area contributed by atoms with E-state index in [1.54, 1.807) is 5.56 Å². The van der Waals surface area contributed by atoms with Crippen LogP contribution in [0.15, 0.2) is 30.4 Å². The second-order valence-corrected chi connectivity index (χ2v) is 12.4. The molecule has 1 heterocycles. The van der Waals surface area contributed by atoms with Crippen LogP contribution in [0.25, 0.3) is 0 Å². The number of amides is 2. The van der Waals surface area contributed by atoms with Crippen molar-refractivity contribution in [2.45, 2.75) is 70.3 Å². The van der Waals surface area contributed by atoms with E-state index in [0.29, 0.717) is 30.9 Å². The van der Waals surface area contributed by atoms with Crippen LogP contribution in [0.2, 0.25) is 0 Å². The van der Waals surface area contributed by atoms with Crippen molar-refractivity contribution in [2.24, 2.45) is 17.3 Å². The zero-order valence-corrected chi connectivity index (χ0v) is 23.2. The molecule has 202 valence electrons. The van der Waals surface area contributed by atoms with E-state index in [9.17, 15) is 9.59 Å². The predicted molar refractivity (Wildman–Crippen MR) is 147 cm³/mol. The maximum Gasteiger partial charge on any atom is 0.253 e. The molecule has 5 rings (SSSR count). The maximum atomic E-state index is 11.7. The first-order valence-corrected chi connectivity index (χ1v) is 14.4. The Labute approximate surface area is 223 Å². The van der Waals surface area contributed by atoms with Gasteiger partial charge in [-0.3, -0.25) is 14.5 Å². The molecule has 0 aromatic heterocycles. The zero-order chi connectivity index (χ0) is 26.2. The molecule has 0 radical (unpaired) electrons. The lowest BCUT2D eigenvalue weighted by atomic mass is 9.55. The van der Waals surface area contributed by atoms with E-state index in [4.69, 9.17) is 4.74 Å². The Bertz CT molecular complexity index is 1020. The third-order valence-electron chi connectivity index (χ3n) is 9.99. The fourth-order valence-electron chi connectivity index (χ4n) is 8.20. The zero-order valence-electron chi connectivity index (χ0n) is 23.2. The fourth-order valence-corrected chi connectivity index (χ4v) is 8.20. The summed E-state index contributed by atoms with van der Waals surface area (Å²) in [6, 6.07) is 7.45. The molecule has 6 nitrogen and oxygen atoms in total. The molecule has 4 aliphatic rings. The van der Waals surface area contributed by atoms with Crippen molar-refractivity contribution in [3.63, 3.8) is 0 Å². The Kier molecular flexibility index (Phi) is 7.78. The Morgan fingerprint density at radius 2 is 1.78 bits per heavy atom. The Morgan fingerprint density at radius 1 is 1.00 bits per heavy atom. The molecule has 5 atom stereocenters. The van der Waals surface area contributed by atoms with Crippen molar-refractivity contribution < 1.29 is 14.3 Å². The normalized spacial score (nSPS) is 30.7. The van der Waals surface area contributed by atoms with E-state index in [2.05, 4.69) is 56.1 Å². The first-order valence-electron chi connectivity index (χ1n) is 14.4. The molecule has 37 heavy (non-hydrogen) atoms. The fraction of sp³-hybridized carbons (Fsp3) is 0.677. The minimum Gasteiger partial charge on any atom is -0.494 e. The van der Waals surface area contributed by atoms with Gasteiger partial charge in [-0.2, -0.15) is 0 Å². The van der Waals surface area contributed by atoms with Crippen LogP contribution < -0.4 is 4.74 Å². The molecule has 1 unspecified atom stereocenters. The monoisotopic (exact) mass is 507 g/mol. The van der Waals surface area contributed by atoms with Gasteiger partial charge in [-0.05, 0) is 132 Å². The van der Waals surface area contributed by atoms with Crippen molar-refractivity contribution in [3.05, 3.63) is 41.5 Å². The number of nitrogens with zero attached hydrogens (tertiary/aromatic N) is 3. The largest absolute Gasteiger partial charge is 0.494 e. The van der Waals surface area contributed by atoms with Crippen molar-refractivity contribution in [2.75, 3.05) is 47.4 Å². The van der Waals surface area contributed by atoms with Gasteiger partial charge in [-0.15, -0.1) is 0 Å². The van der Waals surface area contributed by atoms with E-state index < -0.39 is 0 Å². The summed E-state index contributed by atoms with van der Waals surface area (Å²) < 4.78 is 6.03. The minimum atomic E-state index is -0.221. The third kappa shape index (κ3) is 5.24. The molecule has 0 spiro atoms. The molecule has 1 aromatic rings. The molecule has 3 aliphatic carbocycles. The Balaban J connectivity index is 1.17. The minimum absolute atomic E-state index is 0.221. The summed E-state index contributed by atoms with van der Waals surface area (Å²) in [5.41, 5.74) is 3.47. The van der Waals surface area contributed by atoms with Crippen molar-refractivity contribution in [1.82, 2.24) is 14.7 Å². The molecule has 6 heteroatoms. The smallest absolute Gasteiger partial charge is 0.253 e. The van der Waals surface area contributed by atoms with Gasteiger partial charge < -0.3 is 14.5 Å². The number of hydrogen-bond donors (Lipinski definition) is 0. The number of aryl methyl sites for hydroxylation is 1. The van der Waals surface area contributed by atoms with Crippen molar-refractivity contribution >= 4 is 11.8 Å². The lowest BCUT2D eigenvalue weighted by Crippen LogP contribution is -2.49. The van der Waals surface area contributed by atoms with E-state index >= 15 is 0 Å². The number of fused-ring (bicyclic) bond motifs is 5. The molecule has 0 bridgehead atoms. The van der Waals surface area contributed by atoms with Gasteiger partial charge in [-0.25, -0.2) is 0 Å². The standard InChI is InChI=1S/C31H45N3O3/c1-31-16-15-25-24-10-8-23(37-20-6-19-34-29(35)13-14-30(34)36)21-22(24)7-9-26(25)27(31)11-12-28(31)33(4)18-5-17-32(2)3/h8,10,13-14,21,25-28H,5-7,9,11-12,15-20H2,1-4H3/t25-,26-,27+,28?,31+/m1/s1. The summed E-state index contributed by atoms with van der Waals surface area (Å²) in [5.74, 6) is 2.80. The molecule has 1 aliphatic heterocycles. The third-order valence-corrected chi connectivity index (χ3v) is 9.99. The van der Waals surface area contributed by atoms with Gasteiger partial charge in [0.25, 0.3) is 11.8 Å². The van der Waals surface area contributed by atoms with Crippen LogP contribution in [0.3, 0.4) is 0 Å². The van der Waals surface area contributed by atoms with E-state index in [1.165, 1.54) is 74.2 Å². The maximum absolute atomic E-state index is 11.7. The topological polar surface area (TPSA) is 53.1 Å². The summed E-state index contributed by atoms with van der Waals surface area (Å²) >= 11 is 0. The highest BCUT2D eigenvalue weighted by Gasteiger charge is 2.55. The first-order chi connectivity index (χ1) is 17.8. The molecule has 2 amide bonds. The SMILES string of the molecule is CN(C)CCCN(C)C1CC[C@H]2[C@@H]3CCc4cc(OCCCN5C(=O)C=CC5=O)ccc4[C@H]3CC[C@]12C. The second-order valence-electron chi connectivity index (χ2n) is 12.4. The van der Waals surface area contributed by atoms with Gasteiger partial charge >= 0.3 is 0 Å². The van der Waals surface area contributed by atoms with Crippen LogP contribution >= 0.6 is 0 Å². The quantitative estimate of drug-likeness (QED) is 0.345. The van der Waals surface area contributed by atoms with Crippen LogP contribution in [0, 0.1) is 17.3 Å². The van der Waals surface area contributed by atoms with Crippen molar-refractivity contribution in [3.8, 4) is 5.75 Å². The summed E-state index contributed by atoms with van der Waals surface area (Å²) in [6.07, 6.45) is 12.4. The predicted octanol–water partition coefficient (Wildman–Crippen LogP) is 4.49. The second kappa shape index (κ2) is 10.9. The summed E-state index contributed by atoms with van der Waals surface area (Å²) in [5, 5.41) is 0. The molecular formula is C31H45N3O3. The van der Waals surface area contributed by atoms with Crippen LogP contribution in [0.1, 0.15) is 68.9 Å². The number of hydrogen-bond acceptors (Lipinski definition) is 5. The number of benzene rings is 1. The number of rotatable bonds is 10. The molecule has 2 fully saturated rings. The van der Waals surface area contributed by atoms with Crippen LogP contribution in [0.5, 0.6) is 5.75 Å². The molecule has 0 N–H and O–H groups in total. The lowest BCUT2D eigenvalue weighted by Gasteiger charge is -2.52. The van der Waals surface area contributed by atoms with Gasteiger partial charge in [-0.1, -0.05) is 13.0 Å². The number of ether oxygens (including phenoxy) is 1. The number of imide groups is 1. The van der Waals surface area contributed by atoms with E-state index in [0.717, 1.165) is 30.0 Å². The molecule has 1 aromatic carbocycles. The van der Waals surface area contributed by atoms with Gasteiger partial charge in [0.2, 0.25) is 0 Å². The van der Waals surface area contributed by atoms with Gasteiger partial charge in [0, 0.05) is 24.7 Å². The Hall–Kier alpha value is -2.18. The summed E-state index contributed by atoms with van der Waals surface area (Å²) in [7, 11) is 6.71.